The van der Waals surface area contributed by atoms with Crippen LogP contribution in [0, 0.1) is 13.8 Å². The number of rotatable bonds is 6. The van der Waals surface area contributed by atoms with Crippen LogP contribution in [0.4, 0.5) is 5.13 Å². The Morgan fingerprint density at radius 1 is 1.06 bits per heavy atom. The zero-order valence-corrected chi connectivity index (χ0v) is 21.3. The molecule has 0 saturated carbocycles. The predicted molar refractivity (Wildman–Crippen MR) is 138 cm³/mol. The topological polar surface area (TPSA) is 45.7 Å². The first-order chi connectivity index (χ1) is 15.7. The molecular weight excluding hydrogens is 430 g/mol. The molecular formula is C27H35N3O2S. The fraction of sp³-hybridized carbons (Fsp3) is 0.481. The molecule has 0 aliphatic carbocycles. The SMILES string of the molecule is Cc1ccc(C)c2sc(N(CCCN3CCOCC3)C(=O)c3ccc(C(C)(C)C)cc3)nc12. The van der Waals surface area contributed by atoms with Crippen molar-refractivity contribution in [1.29, 1.82) is 0 Å². The maximum atomic E-state index is 13.7. The van der Waals surface area contributed by atoms with Gasteiger partial charge in [0.2, 0.25) is 0 Å². The van der Waals surface area contributed by atoms with Crippen LogP contribution in [0.25, 0.3) is 10.2 Å². The zero-order valence-electron chi connectivity index (χ0n) is 20.5. The summed E-state index contributed by atoms with van der Waals surface area (Å²) < 4.78 is 6.63. The molecule has 0 spiro atoms. The molecule has 3 aromatic rings. The molecule has 33 heavy (non-hydrogen) atoms. The normalized spacial score (nSPS) is 15.2. The summed E-state index contributed by atoms with van der Waals surface area (Å²) in [5.74, 6) is 0.0202. The van der Waals surface area contributed by atoms with Crippen molar-refractivity contribution in [2.24, 2.45) is 0 Å². The standard InChI is InChI=1S/C27H35N3O2S/c1-19-7-8-20(2)24-23(19)28-26(33-24)30(14-6-13-29-15-17-32-18-16-29)25(31)21-9-11-22(12-10-21)27(3,4)5/h7-12H,6,13-18H2,1-5H3. The van der Waals surface area contributed by atoms with Gasteiger partial charge in [0.05, 0.1) is 23.4 Å². The summed E-state index contributed by atoms with van der Waals surface area (Å²) in [5, 5.41) is 0.786. The number of benzene rings is 2. The van der Waals surface area contributed by atoms with Crippen LogP contribution in [-0.2, 0) is 10.2 Å². The number of aryl methyl sites for hydroxylation is 2. The lowest BCUT2D eigenvalue weighted by Gasteiger charge is -2.28. The van der Waals surface area contributed by atoms with Gasteiger partial charge in [-0.15, -0.1) is 0 Å². The van der Waals surface area contributed by atoms with Gasteiger partial charge >= 0.3 is 0 Å². The molecule has 0 radical (unpaired) electrons. The van der Waals surface area contributed by atoms with Crippen LogP contribution in [-0.4, -0.2) is 55.2 Å². The minimum Gasteiger partial charge on any atom is -0.379 e. The smallest absolute Gasteiger partial charge is 0.260 e. The highest BCUT2D eigenvalue weighted by Crippen LogP contribution is 2.34. The third-order valence-electron chi connectivity index (χ3n) is 6.36. The Kier molecular flexibility index (Phi) is 7.17. The van der Waals surface area contributed by atoms with Gasteiger partial charge in [0.25, 0.3) is 5.91 Å². The number of carbonyl (C=O) groups is 1. The quantitative estimate of drug-likeness (QED) is 0.477. The van der Waals surface area contributed by atoms with Crippen LogP contribution in [0.3, 0.4) is 0 Å². The average Bonchev–Trinajstić information content (AvgIpc) is 3.26. The highest BCUT2D eigenvalue weighted by molar-refractivity contribution is 7.22. The van der Waals surface area contributed by atoms with E-state index in [0.29, 0.717) is 12.1 Å². The Bertz CT molecular complexity index is 1070. The van der Waals surface area contributed by atoms with E-state index in [-0.39, 0.29) is 11.3 Å². The Morgan fingerprint density at radius 2 is 1.73 bits per heavy atom. The van der Waals surface area contributed by atoms with Gasteiger partial charge in [-0.3, -0.25) is 14.6 Å². The Balaban J connectivity index is 1.61. The van der Waals surface area contributed by atoms with E-state index in [1.54, 1.807) is 11.3 Å². The monoisotopic (exact) mass is 465 g/mol. The van der Waals surface area contributed by atoms with Gasteiger partial charge in [0, 0.05) is 31.7 Å². The number of anilines is 1. The summed E-state index contributed by atoms with van der Waals surface area (Å²) in [6.07, 6.45) is 0.902. The number of hydrogen-bond acceptors (Lipinski definition) is 5. The molecule has 0 N–H and O–H groups in total. The van der Waals surface area contributed by atoms with Crippen molar-refractivity contribution >= 4 is 32.6 Å². The predicted octanol–water partition coefficient (Wildman–Crippen LogP) is 5.58. The molecule has 0 atom stereocenters. The molecule has 0 bridgehead atoms. The van der Waals surface area contributed by atoms with E-state index in [1.807, 2.05) is 17.0 Å². The molecule has 1 aliphatic rings. The van der Waals surface area contributed by atoms with Crippen molar-refractivity contribution in [3.05, 3.63) is 58.7 Å². The van der Waals surface area contributed by atoms with Crippen molar-refractivity contribution < 1.29 is 9.53 Å². The summed E-state index contributed by atoms with van der Waals surface area (Å²) in [5.41, 5.74) is 5.35. The maximum absolute atomic E-state index is 13.7. The van der Waals surface area contributed by atoms with Crippen molar-refractivity contribution in [3.8, 4) is 0 Å². The number of carbonyl (C=O) groups excluding carboxylic acids is 1. The van der Waals surface area contributed by atoms with Gasteiger partial charge in [-0.2, -0.15) is 0 Å². The Hall–Kier alpha value is -2.28. The molecule has 1 aromatic heterocycles. The fourth-order valence-electron chi connectivity index (χ4n) is 4.19. The third kappa shape index (κ3) is 5.45. The Morgan fingerprint density at radius 3 is 2.36 bits per heavy atom. The fourth-order valence-corrected chi connectivity index (χ4v) is 5.33. The van der Waals surface area contributed by atoms with Crippen LogP contribution < -0.4 is 4.90 Å². The number of ether oxygens (including phenoxy) is 1. The van der Waals surface area contributed by atoms with Crippen molar-refractivity contribution in [1.82, 2.24) is 9.88 Å². The molecule has 5 nitrogen and oxygen atoms in total. The lowest BCUT2D eigenvalue weighted by Crippen LogP contribution is -2.39. The summed E-state index contributed by atoms with van der Waals surface area (Å²) in [7, 11) is 0. The lowest BCUT2D eigenvalue weighted by atomic mass is 9.86. The number of fused-ring (bicyclic) bond motifs is 1. The first-order valence-corrected chi connectivity index (χ1v) is 12.6. The van der Waals surface area contributed by atoms with Crippen LogP contribution in [0.1, 0.15) is 54.2 Å². The molecule has 6 heteroatoms. The number of aromatic nitrogens is 1. The van der Waals surface area contributed by atoms with E-state index in [2.05, 4.69) is 63.8 Å². The molecule has 2 heterocycles. The van der Waals surface area contributed by atoms with E-state index < -0.39 is 0 Å². The number of morpholine rings is 1. The van der Waals surface area contributed by atoms with Gasteiger partial charge in [-0.1, -0.05) is 56.4 Å². The molecule has 1 amide bonds. The summed E-state index contributed by atoms with van der Waals surface area (Å²) in [6.45, 7) is 15.9. The zero-order chi connectivity index (χ0) is 23.6. The third-order valence-corrected chi connectivity index (χ3v) is 7.58. The largest absolute Gasteiger partial charge is 0.379 e. The number of amides is 1. The average molecular weight is 466 g/mol. The number of thiazole rings is 1. The van der Waals surface area contributed by atoms with Gasteiger partial charge in [-0.05, 0) is 54.5 Å². The molecule has 2 aromatic carbocycles. The minimum absolute atomic E-state index is 0.0202. The highest BCUT2D eigenvalue weighted by atomic mass is 32.1. The van der Waals surface area contributed by atoms with Crippen LogP contribution in [0.5, 0.6) is 0 Å². The summed E-state index contributed by atoms with van der Waals surface area (Å²) in [4.78, 5) is 22.9. The van der Waals surface area contributed by atoms with Crippen molar-refractivity contribution in [2.45, 2.75) is 46.5 Å². The molecule has 176 valence electrons. The molecule has 1 fully saturated rings. The van der Waals surface area contributed by atoms with Gasteiger partial charge in [0.15, 0.2) is 5.13 Å². The van der Waals surface area contributed by atoms with Crippen molar-refractivity contribution in [3.63, 3.8) is 0 Å². The van der Waals surface area contributed by atoms with Gasteiger partial charge < -0.3 is 4.74 Å². The number of hydrogen-bond donors (Lipinski definition) is 0. The van der Waals surface area contributed by atoms with Gasteiger partial charge in [0.1, 0.15) is 0 Å². The number of nitrogens with zero attached hydrogens (tertiary/aromatic N) is 3. The van der Waals surface area contributed by atoms with E-state index in [4.69, 9.17) is 9.72 Å². The lowest BCUT2D eigenvalue weighted by molar-refractivity contribution is 0.0376. The van der Waals surface area contributed by atoms with Crippen LogP contribution in [0.15, 0.2) is 36.4 Å². The second-order valence-electron chi connectivity index (χ2n) is 9.97. The molecule has 4 rings (SSSR count). The van der Waals surface area contributed by atoms with Crippen LogP contribution >= 0.6 is 11.3 Å². The first-order valence-electron chi connectivity index (χ1n) is 11.8. The van der Waals surface area contributed by atoms with Crippen LogP contribution in [0.2, 0.25) is 0 Å². The molecule has 0 unspecified atom stereocenters. The minimum atomic E-state index is 0.0202. The highest BCUT2D eigenvalue weighted by Gasteiger charge is 2.23. The molecule has 1 saturated heterocycles. The van der Waals surface area contributed by atoms with E-state index >= 15 is 0 Å². The van der Waals surface area contributed by atoms with E-state index in [1.165, 1.54) is 15.8 Å². The second-order valence-corrected chi connectivity index (χ2v) is 10.9. The summed E-state index contributed by atoms with van der Waals surface area (Å²) in [6, 6.07) is 12.3. The Labute approximate surface area is 201 Å². The first kappa shape index (κ1) is 23.9. The second kappa shape index (κ2) is 9.92. The van der Waals surface area contributed by atoms with Gasteiger partial charge in [-0.25, -0.2) is 4.98 Å². The summed E-state index contributed by atoms with van der Waals surface area (Å²) >= 11 is 1.62. The molecule has 1 aliphatic heterocycles. The van der Waals surface area contributed by atoms with Crippen molar-refractivity contribution in [2.75, 3.05) is 44.3 Å². The maximum Gasteiger partial charge on any atom is 0.260 e. The van der Waals surface area contributed by atoms with E-state index in [0.717, 1.165) is 55.5 Å². The van der Waals surface area contributed by atoms with E-state index in [9.17, 15) is 4.79 Å².